The molecule has 214 valence electrons. The van der Waals surface area contributed by atoms with E-state index in [4.69, 9.17) is 19.9 Å². The van der Waals surface area contributed by atoms with Crippen molar-refractivity contribution in [2.24, 2.45) is 0 Å². The molecule has 0 bridgehead atoms. The van der Waals surface area contributed by atoms with E-state index in [1.54, 1.807) is 0 Å². The molecular weight excluding hydrogens is 560 g/mol. The Labute approximate surface area is 265 Å². The minimum atomic E-state index is 0.668. The van der Waals surface area contributed by atoms with Gasteiger partial charge in [-0.3, -0.25) is 0 Å². The predicted octanol–water partition coefficient (Wildman–Crippen LogP) is 10.5. The molecule has 46 heavy (non-hydrogen) atoms. The van der Waals surface area contributed by atoms with Crippen LogP contribution in [-0.2, 0) is 0 Å². The van der Waals surface area contributed by atoms with Crippen molar-refractivity contribution in [2.45, 2.75) is 0 Å². The highest BCUT2D eigenvalue weighted by Crippen LogP contribution is 2.36. The maximum Gasteiger partial charge on any atom is 0.161 e. The van der Waals surface area contributed by atoms with Gasteiger partial charge >= 0.3 is 0 Å². The molecule has 0 aliphatic rings. The first kappa shape index (κ1) is 26.2. The quantitative estimate of drug-likeness (QED) is 0.193. The second-order valence-corrected chi connectivity index (χ2v) is 11.5. The summed E-state index contributed by atoms with van der Waals surface area (Å²) in [6.45, 7) is 0. The van der Waals surface area contributed by atoms with Crippen molar-refractivity contribution < 1.29 is 0 Å². The first-order valence-electron chi connectivity index (χ1n) is 15.4. The zero-order valence-corrected chi connectivity index (χ0v) is 24.8. The molecule has 0 fully saturated rings. The lowest BCUT2D eigenvalue weighted by Gasteiger charge is -2.13. The van der Waals surface area contributed by atoms with E-state index in [1.165, 1.54) is 10.8 Å². The van der Waals surface area contributed by atoms with Crippen LogP contribution >= 0.6 is 0 Å². The smallest absolute Gasteiger partial charge is 0.161 e. The third-order valence-electron chi connectivity index (χ3n) is 8.66. The van der Waals surface area contributed by atoms with E-state index in [0.29, 0.717) is 5.82 Å². The van der Waals surface area contributed by atoms with Gasteiger partial charge in [-0.1, -0.05) is 133 Å². The number of aromatic nitrogens is 4. The van der Waals surface area contributed by atoms with Crippen LogP contribution in [-0.4, -0.2) is 19.9 Å². The van der Waals surface area contributed by atoms with Gasteiger partial charge in [-0.05, 0) is 35.0 Å². The summed E-state index contributed by atoms with van der Waals surface area (Å²) >= 11 is 0. The van der Waals surface area contributed by atoms with Crippen LogP contribution in [0.5, 0.6) is 0 Å². The SMILES string of the molecule is c1ccc(-c2ccc3ccc4ccc(-c5ccccc5-c5nc(-c6ccc7ccccc7c6)c6ccccc6n5)nc4c3n2)cc1. The van der Waals surface area contributed by atoms with E-state index in [-0.39, 0.29) is 0 Å². The van der Waals surface area contributed by atoms with Gasteiger partial charge in [0.25, 0.3) is 0 Å². The maximum atomic E-state index is 5.25. The summed E-state index contributed by atoms with van der Waals surface area (Å²) in [7, 11) is 0. The van der Waals surface area contributed by atoms with Crippen molar-refractivity contribution in [3.8, 4) is 45.2 Å². The molecule has 4 nitrogen and oxygen atoms in total. The van der Waals surface area contributed by atoms with Gasteiger partial charge in [0, 0.05) is 38.4 Å². The highest BCUT2D eigenvalue weighted by Gasteiger charge is 2.17. The van der Waals surface area contributed by atoms with E-state index in [0.717, 1.165) is 72.0 Å². The molecule has 3 heterocycles. The monoisotopic (exact) mass is 586 g/mol. The van der Waals surface area contributed by atoms with Crippen LogP contribution in [0.1, 0.15) is 0 Å². The van der Waals surface area contributed by atoms with Crippen LogP contribution in [0.25, 0.3) is 88.6 Å². The fourth-order valence-corrected chi connectivity index (χ4v) is 6.34. The number of para-hydroxylation sites is 1. The standard InChI is InChI=1S/C42H26N4/c1-2-11-28(12-3-1)36-24-22-29-19-20-30-23-25-38(44-41(30)40(29)43-36)33-14-6-7-15-34(33)42-45-37-17-9-8-16-35(37)39(46-42)32-21-18-27-10-4-5-13-31(27)26-32/h1-26H. The fraction of sp³-hybridized carbons (Fsp3) is 0. The van der Waals surface area contributed by atoms with Gasteiger partial charge in [0.15, 0.2) is 5.82 Å². The molecule has 0 spiro atoms. The topological polar surface area (TPSA) is 51.6 Å². The Balaban J connectivity index is 1.23. The molecule has 0 aliphatic heterocycles. The molecule has 6 aromatic carbocycles. The Morgan fingerprint density at radius 2 is 0.957 bits per heavy atom. The minimum absolute atomic E-state index is 0.668. The molecule has 4 heteroatoms. The van der Waals surface area contributed by atoms with Crippen LogP contribution < -0.4 is 0 Å². The highest BCUT2D eigenvalue weighted by atomic mass is 14.9. The molecule has 9 aromatic rings. The van der Waals surface area contributed by atoms with Gasteiger partial charge in [0.2, 0.25) is 0 Å². The Morgan fingerprint density at radius 1 is 0.348 bits per heavy atom. The van der Waals surface area contributed by atoms with Crippen molar-refractivity contribution in [3.63, 3.8) is 0 Å². The summed E-state index contributed by atoms with van der Waals surface area (Å²) in [6, 6.07) is 54.4. The summed E-state index contributed by atoms with van der Waals surface area (Å²) in [6.07, 6.45) is 0. The highest BCUT2D eigenvalue weighted by molar-refractivity contribution is 6.04. The summed E-state index contributed by atoms with van der Waals surface area (Å²) in [4.78, 5) is 20.7. The Kier molecular flexibility index (Phi) is 6.10. The maximum absolute atomic E-state index is 5.25. The molecule has 0 atom stereocenters. The van der Waals surface area contributed by atoms with E-state index < -0.39 is 0 Å². The zero-order chi connectivity index (χ0) is 30.5. The van der Waals surface area contributed by atoms with Gasteiger partial charge in [0.1, 0.15) is 0 Å². The molecule has 0 saturated carbocycles. The first-order chi connectivity index (χ1) is 22.8. The van der Waals surface area contributed by atoms with Crippen molar-refractivity contribution >= 4 is 43.5 Å². The third-order valence-corrected chi connectivity index (χ3v) is 8.66. The van der Waals surface area contributed by atoms with Crippen molar-refractivity contribution in [3.05, 3.63) is 158 Å². The average Bonchev–Trinajstić information content (AvgIpc) is 3.14. The van der Waals surface area contributed by atoms with E-state index in [2.05, 4.69) is 115 Å². The molecule has 0 amide bonds. The Bertz CT molecular complexity index is 2590. The number of fused-ring (bicyclic) bond motifs is 5. The van der Waals surface area contributed by atoms with E-state index in [9.17, 15) is 0 Å². The second kappa shape index (κ2) is 10.7. The van der Waals surface area contributed by atoms with Gasteiger partial charge < -0.3 is 0 Å². The lowest BCUT2D eigenvalue weighted by molar-refractivity contribution is 1.23. The third kappa shape index (κ3) is 4.47. The molecule has 0 radical (unpaired) electrons. The molecule has 3 aromatic heterocycles. The molecule has 0 unspecified atom stereocenters. The van der Waals surface area contributed by atoms with Crippen molar-refractivity contribution in [2.75, 3.05) is 0 Å². The van der Waals surface area contributed by atoms with Gasteiger partial charge in [-0.2, -0.15) is 0 Å². The summed E-state index contributed by atoms with van der Waals surface area (Å²) in [5.41, 5.74) is 9.41. The molecular formula is C42H26N4. The fourth-order valence-electron chi connectivity index (χ4n) is 6.34. The van der Waals surface area contributed by atoms with Gasteiger partial charge in [-0.25, -0.2) is 19.9 Å². The second-order valence-electron chi connectivity index (χ2n) is 11.5. The van der Waals surface area contributed by atoms with Crippen LogP contribution in [0.15, 0.2) is 158 Å². The normalized spacial score (nSPS) is 11.5. The van der Waals surface area contributed by atoms with Crippen LogP contribution in [0.2, 0.25) is 0 Å². The van der Waals surface area contributed by atoms with E-state index in [1.807, 2.05) is 42.5 Å². The van der Waals surface area contributed by atoms with Crippen LogP contribution in [0.3, 0.4) is 0 Å². The van der Waals surface area contributed by atoms with E-state index >= 15 is 0 Å². The van der Waals surface area contributed by atoms with Crippen molar-refractivity contribution in [1.82, 2.24) is 19.9 Å². The number of rotatable bonds is 4. The molecule has 9 rings (SSSR count). The van der Waals surface area contributed by atoms with Crippen molar-refractivity contribution in [1.29, 1.82) is 0 Å². The Morgan fingerprint density at radius 3 is 1.78 bits per heavy atom. The predicted molar refractivity (Wildman–Crippen MR) is 189 cm³/mol. The van der Waals surface area contributed by atoms with Crippen LogP contribution in [0.4, 0.5) is 0 Å². The lowest BCUT2D eigenvalue weighted by atomic mass is 9.99. The first-order valence-corrected chi connectivity index (χ1v) is 15.4. The summed E-state index contributed by atoms with van der Waals surface area (Å²) in [5, 5.41) is 5.52. The zero-order valence-electron chi connectivity index (χ0n) is 24.8. The minimum Gasteiger partial charge on any atom is -0.245 e. The number of nitrogens with zero attached hydrogens (tertiary/aromatic N) is 4. The summed E-state index contributed by atoms with van der Waals surface area (Å²) in [5.74, 6) is 0.668. The molecule has 0 saturated heterocycles. The molecule has 0 aliphatic carbocycles. The number of pyridine rings is 2. The Hall–Kier alpha value is -6.26. The largest absolute Gasteiger partial charge is 0.245 e. The number of hydrogen-bond acceptors (Lipinski definition) is 4. The molecule has 0 N–H and O–H groups in total. The lowest BCUT2D eigenvalue weighted by Crippen LogP contribution is -1.97. The number of hydrogen-bond donors (Lipinski definition) is 0. The number of benzene rings is 6. The summed E-state index contributed by atoms with van der Waals surface area (Å²) < 4.78 is 0. The van der Waals surface area contributed by atoms with Crippen LogP contribution in [0, 0.1) is 0 Å². The van der Waals surface area contributed by atoms with Gasteiger partial charge in [-0.15, -0.1) is 0 Å². The average molecular weight is 587 g/mol. The van der Waals surface area contributed by atoms with Gasteiger partial charge in [0.05, 0.1) is 33.6 Å².